The molecule has 26 heavy (non-hydrogen) atoms. The van der Waals surface area contributed by atoms with Gasteiger partial charge >= 0.3 is 5.97 Å². The Labute approximate surface area is 161 Å². The maximum absolute atomic E-state index is 12.4. The van der Waals surface area contributed by atoms with E-state index < -0.39 is 5.97 Å². The number of benzene rings is 2. The number of halogens is 1. The molecule has 138 valence electrons. The van der Waals surface area contributed by atoms with Gasteiger partial charge < -0.3 is 14.2 Å². The van der Waals surface area contributed by atoms with E-state index in [9.17, 15) is 9.59 Å². The Bertz CT molecular complexity index is 784. The molecule has 0 aliphatic rings. The summed E-state index contributed by atoms with van der Waals surface area (Å²) in [5.74, 6) is 0.520. The molecule has 0 fully saturated rings. The lowest BCUT2D eigenvalue weighted by atomic mass is 10.1. The summed E-state index contributed by atoms with van der Waals surface area (Å²) in [6.07, 6.45) is -0.298. The molecule has 5 nitrogen and oxygen atoms in total. The van der Waals surface area contributed by atoms with E-state index in [2.05, 4.69) is 15.9 Å². The molecule has 0 amide bonds. The van der Waals surface area contributed by atoms with Crippen molar-refractivity contribution >= 4 is 27.7 Å². The number of Topliss-reactive ketones (excluding diaryl/α,β-unsaturated/α-hetero) is 1. The average Bonchev–Trinajstić information content (AvgIpc) is 2.61. The highest BCUT2D eigenvalue weighted by Gasteiger charge is 2.17. The number of rotatable bonds is 8. The topological polar surface area (TPSA) is 61.8 Å². The Morgan fingerprint density at radius 3 is 2.42 bits per heavy atom. The number of hydrogen-bond acceptors (Lipinski definition) is 5. The second-order valence-electron chi connectivity index (χ2n) is 5.64. The van der Waals surface area contributed by atoms with Crippen LogP contribution in [-0.2, 0) is 16.1 Å². The standard InChI is InChI=1S/C20H21BrO5/c1-4-25-20(23)11-18(22)16-10-19(13(2)9-17(16)21)26-12-14-5-7-15(24-3)8-6-14/h5-10H,4,11-12H2,1-3H3. The van der Waals surface area contributed by atoms with Gasteiger partial charge in [0.05, 0.1) is 13.7 Å². The molecule has 0 aliphatic carbocycles. The highest BCUT2D eigenvalue weighted by Crippen LogP contribution is 2.29. The molecule has 2 aromatic rings. The van der Waals surface area contributed by atoms with Crippen LogP contribution in [0.25, 0.3) is 0 Å². The Kier molecular flexibility index (Phi) is 7.21. The van der Waals surface area contributed by atoms with Crippen LogP contribution in [0.15, 0.2) is 40.9 Å². The minimum Gasteiger partial charge on any atom is -0.497 e. The molecule has 0 bridgehead atoms. The summed E-state index contributed by atoms with van der Waals surface area (Å²) in [5, 5.41) is 0. The van der Waals surface area contributed by atoms with Crippen LogP contribution in [0.3, 0.4) is 0 Å². The number of esters is 1. The van der Waals surface area contributed by atoms with E-state index in [0.29, 0.717) is 22.4 Å². The van der Waals surface area contributed by atoms with Crippen molar-refractivity contribution in [3.05, 3.63) is 57.6 Å². The fourth-order valence-corrected chi connectivity index (χ4v) is 3.02. The second-order valence-corrected chi connectivity index (χ2v) is 6.49. The quantitative estimate of drug-likeness (QED) is 0.357. The van der Waals surface area contributed by atoms with Crippen molar-refractivity contribution in [2.75, 3.05) is 13.7 Å². The van der Waals surface area contributed by atoms with E-state index in [0.717, 1.165) is 16.9 Å². The van der Waals surface area contributed by atoms with Crippen molar-refractivity contribution in [1.29, 1.82) is 0 Å². The molecule has 0 N–H and O–H groups in total. The number of ether oxygens (including phenoxy) is 3. The third-order valence-electron chi connectivity index (χ3n) is 3.73. The fourth-order valence-electron chi connectivity index (χ4n) is 2.34. The minimum absolute atomic E-state index is 0.247. The highest BCUT2D eigenvalue weighted by atomic mass is 79.9. The normalized spacial score (nSPS) is 10.3. The summed E-state index contributed by atoms with van der Waals surface area (Å²) in [7, 11) is 1.62. The Hall–Kier alpha value is -2.34. The Morgan fingerprint density at radius 2 is 1.81 bits per heavy atom. The molecule has 0 saturated carbocycles. The Morgan fingerprint density at radius 1 is 1.12 bits per heavy atom. The molecule has 0 saturated heterocycles. The van der Waals surface area contributed by atoms with Crippen LogP contribution in [0, 0.1) is 6.92 Å². The van der Waals surface area contributed by atoms with Crippen LogP contribution in [0.4, 0.5) is 0 Å². The molecule has 2 rings (SSSR count). The van der Waals surface area contributed by atoms with Crippen molar-refractivity contribution in [3.63, 3.8) is 0 Å². The predicted molar refractivity (Wildman–Crippen MR) is 102 cm³/mol. The lowest BCUT2D eigenvalue weighted by Crippen LogP contribution is -2.12. The lowest BCUT2D eigenvalue weighted by molar-refractivity contribution is -0.141. The molecule has 0 aliphatic heterocycles. The molecule has 0 unspecified atom stereocenters. The van der Waals surface area contributed by atoms with Crippen LogP contribution >= 0.6 is 15.9 Å². The number of carbonyl (C=O) groups is 2. The second kappa shape index (κ2) is 9.38. The summed E-state index contributed by atoms with van der Waals surface area (Å²) >= 11 is 3.38. The summed E-state index contributed by atoms with van der Waals surface area (Å²) in [4.78, 5) is 23.9. The smallest absolute Gasteiger partial charge is 0.313 e. The van der Waals surface area contributed by atoms with Gasteiger partial charge in [0.2, 0.25) is 0 Å². The minimum atomic E-state index is -0.536. The fraction of sp³-hybridized carbons (Fsp3) is 0.300. The molecule has 0 atom stereocenters. The number of hydrogen-bond donors (Lipinski definition) is 0. The maximum atomic E-state index is 12.4. The van der Waals surface area contributed by atoms with Gasteiger partial charge in [-0.3, -0.25) is 9.59 Å². The van der Waals surface area contributed by atoms with Gasteiger partial charge in [0.1, 0.15) is 24.5 Å². The summed E-state index contributed by atoms with van der Waals surface area (Å²) in [6.45, 7) is 4.21. The van der Waals surface area contributed by atoms with E-state index in [1.54, 1.807) is 20.1 Å². The summed E-state index contributed by atoms with van der Waals surface area (Å²) in [6, 6.07) is 11.0. The van der Waals surface area contributed by atoms with E-state index in [-0.39, 0.29) is 18.8 Å². The van der Waals surface area contributed by atoms with Gasteiger partial charge in [0, 0.05) is 10.0 Å². The molecule has 0 spiro atoms. The van der Waals surface area contributed by atoms with E-state index in [1.807, 2.05) is 37.3 Å². The van der Waals surface area contributed by atoms with Crippen LogP contribution in [0.5, 0.6) is 11.5 Å². The first-order chi connectivity index (χ1) is 12.4. The van der Waals surface area contributed by atoms with Crippen molar-refractivity contribution < 1.29 is 23.8 Å². The van der Waals surface area contributed by atoms with Crippen LogP contribution < -0.4 is 9.47 Å². The maximum Gasteiger partial charge on any atom is 0.313 e. The monoisotopic (exact) mass is 420 g/mol. The highest BCUT2D eigenvalue weighted by molar-refractivity contribution is 9.10. The van der Waals surface area contributed by atoms with Gasteiger partial charge in [-0.25, -0.2) is 0 Å². The Balaban J connectivity index is 2.13. The van der Waals surface area contributed by atoms with Crippen LogP contribution in [-0.4, -0.2) is 25.5 Å². The molecule has 6 heteroatoms. The SMILES string of the molecule is CCOC(=O)CC(=O)c1cc(OCc2ccc(OC)cc2)c(C)cc1Br. The molecule has 0 radical (unpaired) electrons. The number of aryl methyl sites for hydroxylation is 1. The predicted octanol–water partition coefficient (Wildman–Crippen LogP) is 4.48. The van der Waals surface area contributed by atoms with Gasteiger partial charge in [-0.1, -0.05) is 28.1 Å². The van der Waals surface area contributed by atoms with Crippen molar-refractivity contribution in [2.45, 2.75) is 26.9 Å². The average molecular weight is 421 g/mol. The van der Waals surface area contributed by atoms with E-state index in [1.165, 1.54) is 0 Å². The van der Waals surface area contributed by atoms with Gasteiger partial charge in [-0.05, 0) is 49.2 Å². The zero-order chi connectivity index (χ0) is 19.1. The first-order valence-corrected chi connectivity index (χ1v) is 8.98. The number of ketones is 1. The molecular formula is C20H21BrO5. The zero-order valence-electron chi connectivity index (χ0n) is 15.0. The van der Waals surface area contributed by atoms with Gasteiger partial charge in [-0.2, -0.15) is 0 Å². The summed E-state index contributed by atoms with van der Waals surface area (Å²) < 4.78 is 16.5. The third-order valence-corrected chi connectivity index (χ3v) is 4.38. The van der Waals surface area contributed by atoms with Crippen molar-refractivity contribution in [1.82, 2.24) is 0 Å². The van der Waals surface area contributed by atoms with Crippen LogP contribution in [0.2, 0.25) is 0 Å². The van der Waals surface area contributed by atoms with Gasteiger partial charge in [-0.15, -0.1) is 0 Å². The first-order valence-electron chi connectivity index (χ1n) is 8.19. The zero-order valence-corrected chi connectivity index (χ0v) is 16.6. The van der Waals surface area contributed by atoms with Crippen molar-refractivity contribution in [3.8, 4) is 11.5 Å². The van der Waals surface area contributed by atoms with Crippen molar-refractivity contribution in [2.24, 2.45) is 0 Å². The van der Waals surface area contributed by atoms with Crippen LogP contribution in [0.1, 0.15) is 34.8 Å². The lowest BCUT2D eigenvalue weighted by Gasteiger charge is -2.13. The van der Waals surface area contributed by atoms with Gasteiger partial charge in [0.25, 0.3) is 0 Å². The first kappa shape index (κ1) is 20.0. The van der Waals surface area contributed by atoms with E-state index >= 15 is 0 Å². The molecule has 0 aromatic heterocycles. The van der Waals surface area contributed by atoms with E-state index in [4.69, 9.17) is 14.2 Å². The number of carbonyl (C=O) groups excluding carboxylic acids is 2. The molecule has 2 aromatic carbocycles. The van der Waals surface area contributed by atoms with Gasteiger partial charge in [0.15, 0.2) is 5.78 Å². The molecule has 0 heterocycles. The summed E-state index contributed by atoms with van der Waals surface area (Å²) in [5.41, 5.74) is 2.26. The number of methoxy groups -OCH3 is 1. The largest absolute Gasteiger partial charge is 0.497 e. The third kappa shape index (κ3) is 5.33. The molecular weight excluding hydrogens is 400 g/mol.